The fraction of sp³-hybridized carbons (Fsp3) is 0.176. The molecule has 0 saturated heterocycles. The summed E-state index contributed by atoms with van der Waals surface area (Å²) >= 11 is 1.45. The number of benzene rings is 2. The Morgan fingerprint density at radius 1 is 1.10 bits per heavy atom. The smallest absolute Gasteiger partial charge is 0.316 e. The van der Waals surface area contributed by atoms with Crippen LogP contribution in [0.25, 0.3) is 0 Å². The Bertz CT molecular complexity index is 635. The van der Waals surface area contributed by atoms with Crippen LogP contribution in [0.4, 0.5) is 0 Å². The lowest BCUT2D eigenvalue weighted by atomic mass is 10.1. The van der Waals surface area contributed by atoms with Crippen LogP contribution in [0.1, 0.15) is 16.7 Å². The van der Waals surface area contributed by atoms with Crippen LogP contribution in [0.3, 0.4) is 0 Å². The minimum Gasteiger partial charge on any atom is -0.460 e. The Kier molecular flexibility index (Phi) is 5.86. The van der Waals surface area contributed by atoms with E-state index >= 15 is 0 Å². The Labute approximate surface area is 128 Å². The molecule has 0 atom stereocenters. The second-order valence-corrected chi connectivity index (χ2v) is 5.39. The van der Waals surface area contributed by atoms with Crippen LogP contribution in [0.15, 0.2) is 54.6 Å². The van der Waals surface area contributed by atoms with Gasteiger partial charge in [-0.15, -0.1) is 11.8 Å². The fourth-order valence-electron chi connectivity index (χ4n) is 1.78. The predicted octanol–water partition coefficient (Wildman–Crippen LogP) is 3.53. The largest absolute Gasteiger partial charge is 0.460 e. The molecule has 21 heavy (non-hydrogen) atoms. The van der Waals surface area contributed by atoms with E-state index < -0.39 is 0 Å². The highest BCUT2D eigenvalue weighted by atomic mass is 32.2. The molecule has 2 rings (SSSR count). The van der Waals surface area contributed by atoms with Gasteiger partial charge < -0.3 is 4.74 Å². The van der Waals surface area contributed by atoms with Crippen molar-refractivity contribution in [3.05, 3.63) is 71.3 Å². The predicted molar refractivity (Wildman–Crippen MR) is 83.6 cm³/mol. The highest BCUT2D eigenvalue weighted by Gasteiger charge is 2.06. The summed E-state index contributed by atoms with van der Waals surface area (Å²) < 4.78 is 5.20. The van der Waals surface area contributed by atoms with Gasteiger partial charge in [0.25, 0.3) is 0 Å². The lowest BCUT2D eigenvalue weighted by molar-refractivity contribution is -0.141. The van der Waals surface area contributed by atoms with E-state index in [-0.39, 0.29) is 11.7 Å². The second kappa shape index (κ2) is 8.13. The number of thioether (sulfide) groups is 1. The summed E-state index contributed by atoms with van der Waals surface area (Å²) in [4.78, 5) is 11.7. The minimum atomic E-state index is -0.238. The van der Waals surface area contributed by atoms with E-state index in [9.17, 15) is 4.79 Å². The fourth-order valence-corrected chi connectivity index (χ4v) is 2.60. The minimum absolute atomic E-state index is 0.238. The SMILES string of the molecule is N#Cc1ccccc1CSCC(=O)OCc1ccccc1. The van der Waals surface area contributed by atoms with Crippen molar-refractivity contribution < 1.29 is 9.53 Å². The maximum atomic E-state index is 11.7. The first-order chi connectivity index (χ1) is 10.3. The van der Waals surface area contributed by atoms with Crippen LogP contribution in [0, 0.1) is 11.3 Å². The average molecular weight is 297 g/mol. The van der Waals surface area contributed by atoms with Gasteiger partial charge in [0.05, 0.1) is 17.4 Å². The van der Waals surface area contributed by atoms with Crippen LogP contribution in [0.5, 0.6) is 0 Å². The van der Waals surface area contributed by atoms with Crippen molar-refractivity contribution in [2.75, 3.05) is 5.75 Å². The number of esters is 1. The third-order valence-electron chi connectivity index (χ3n) is 2.86. The van der Waals surface area contributed by atoms with Gasteiger partial charge >= 0.3 is 5.97 Å². The van der Waals surface area contributed by atoms with Gasteiger partial charge in [-0.2, -0.15) is 5.26 Å². The van der Waals surface area contributed by atoms with E-state index in [0.717, 1.165) is 11.1 Å². The van der Waals surface area contributed by atoms with E-state index in [1.54, 1.807) is 6.07 Å². The summed E-state index contributed by atoms with van der Waals surface area (Å²) in [5.41, 5.74) is 2.58. The number of nitrogens with zero attached hydrogens (tertiary/aromatic N) is 1. The van der Waals surface area contributed by atoms with Gasteiger partial charge in [-0.1, -0.05) is 48.5 Å². The lowest BCUT2D eigenvalue weighted by Gasteiger charge is -2.05. The van der Waals surface area contributed by atoms with E-state index in [2.05, 4.69) is 6.07 Å². The van der Waals surface area contributed by atoms with E-state index in [1.165, 1.54) is 11.8 Å². The number of carbonyl (C=O) groups is 1. The topological polar surface area (TPSA) is 50.1 Å². The second-order valence-electron chi connectivity index (χ2n) is 4.41. The zero-order valence-electron chi connectivity index (χ0n) is 11.5. The zero-order chi connectivity index (χ0) is 14.9. The molecule has 106 valence electrons. The van der Waals surface area contributed by atoms with Crippen LogP contribution < -0.4 is 0 Å². The molecule has 0 saturated carbocycles. The molecule has 0 spiro atoms. The molecule has 0 aliphatic rings. The molecule has 0 aromatic heterocycles. The van der Waals surface area contributed by atoms with E-state index in [1.807, 2.05) is 48.5 Å². The average Bonchev–Trinajstić information content (AvgIpc) is 2.54. The first kappa shape index (κ1) is 15.1. The molecule has 0 unspecified atom stereocenters. The molecular formula is C17H15NO2S. The molecule has 4 heteroatoms. The Hall–Kier alpha value is -2.25. The molecule has 0 aliphatic carbocycles. The highest BCUT2D eigenvalue weighted by molar-refractivity contribution is 7.99. The van der Waals surface area contributed by atoms with Crippen LogP contribution >= 0.6 is 11.8 Å². The van der Waals surface area contributed by atoms with Crippen molar-refractivity contribution in [1.29, 1.82) is 5.26 Å². The van der Waals surface area contributed by atoms with Gasteiger partial charge in [0.15, 0.2) is 0 Å². The monoisotopic (exact) mass is 297 g/mol. The summed E-state index contributed by atoms with van der Waals surface area (Å²) in [6, 6.07) is 19.2. The summed E-state index contributed by atoms with van der Waals surface area (Å²) in [6.07, 6.45) is 0. The zero-order valence-corrected chi connectivity index (χ0v) is 12.3. The quantitative estimate of drug-likeness (QED) is 0.765. The summed E-state index contributed by atoms with van der Waals surface area (Å²) in [6.45, 7) is 0.301. The molecule has 2 aromatic carbocycles. The number of hydrogen-bond donors (Lipinski definition) is 0. The van der Waals surface area contributed by atoms with Crippen molar-refractivity contribution in [1.82, 2.24) is 0 Å². The van der Waals surface area contributed by atoms with Gasteiger partial charge in [-0.25, -0.2) is 0 Å². The molecule has 0 aliphatic heterocycles. The first-order valence-corrected chi connectivity index (χ1v) is 7.70. The number of rotatable bonds is 6. The maximum absolute atomic E-state index is 11.7. The third kappa shape index (κ3) is 4.97. The van der Waals surface area contributed by atoms with Crippen molar-refractivity contribution >= 4 is 17.7 Å². The first-order valence-electron chi connectivity index (χ1n) is 6.55. The molecule has 0 bridgehead atoms. The normalized spacial score (nSPS) is 9.86. The van der Waals surface area contributed by atoms with Crippen LogP contribution in [0.2, 0.25) is 0 Å². The van der Waals surface area contributed by atoms with Gasteiger partial charge in [-0.05, 0) is 17.2 Å². The molecule has 2 aromatic rings. The van der Waals surface area contributed by atoms with E-state index in [4.69, 9.17) is 10.00 Å². The summed E-state index contributed by atoms with van der Waals surface area (Å²) in [5.74, 6) is 0.676. The van der Waals surface area contributed by atoms with Gasteiger partial charge in [-0.3, -0.25) is 4.79 Å². The molecule has 0 N–H and O–H groups in total. The van der Waals surface area contributed by atoms with Crippen molar-refractivity contribution in [2.45, 2.75) is 12.4 Å². The standard InChI is InChI=1S/C17H15NO2S/c18-10-15-8-4-5-9-16(15)12-21-13-17(19)20-11-14-6-2-1-3-7-14/h1-9H,11-13H2. The molecule has 0 heterocycles. The third-order valence-corrected chi connectivity index (χ3v) is 3.81. The van der Waals surface area contributed by atoms with Crippen LogP contribution in [-0.4, -0.2) is 11.7 Å². The molecule has 0 fully saturated rings. The van der Waals surface area contributed by atoms with Gasteiger partial charge in [0.2, 0.25) is 0 Å². The lowest BCUT2D eigenvalue weighted by Crippen LogP contribution is -2.07. The maximum Gasteiger partial charge on any atom is 0.316 e. The molecule has 0 radical (unpaired) electrons. The molecule has 3 nitrogen and oxygen atoms in total. The Balaban J connectivity index is 1.73. The molecule has 0 amide bonds. The highest BCUT2D eigenvalue weighted by Crippen LogP contribution is 2.16. The van der Waals surface area contributed by atoms with Crippen molar-refractivity contribution in [3.63, 3.8) is 0 Å². The number of nitriles is 1. The Morgan fingerprint density at radius 2 is 1.81 bits per heavy atom. The van der Waals surface area contributed by atoms with Gasteiger partial charge in [0, 0.05) is 5.75 Å². The van der Waals surface area contributed by atoms with Crippen LogP contribution in [-0.2, 0) is 21.9 Å². The number of carbonyl (C=O) groups excluding carboxylic acids is 1. The summed E-state index contributed by atoms with van der Waals surface area (Å²) in [7, 11) is 0. The van der Waals surface area contributed by atoms with E-state index in [0.29, 0.717) is 17.9 Å². The Morgan fingerprint density at radius 3 is 2.57 bits per heavy atom. The molecular weight excluding hydrogens is 282 g/mol. The van der Waals surface area contributed by atoms with Gasteiger partial charge in [0.1, 0.15) is 6.61 Å². The van der Waals surface area contributed by atoms with Crippen molar-refractivity contribution in [2.24, 2.45) is 0 Å². The number of ether oxygens (including phenoxy) is 1. The number of hydrogen-bond acceptors (Lipinski definition) is 4. The van der Waals surface area contributed by atoms with Crippen molar-refractivity contribution in [3.8, 4) is 6.07 Å². The summed E-state index contributed by atoms with van der Waals surface area (Å²) in [5, 5.41) is 8.99.